The van der Waals surface area contributed by atoms with Gasteiger partial charge in [-0.1, -0.05) is 31.0 Å². The summed E-state index contributed by atoms with van der Waals surface area (Å²) in [5.41, 5.74) is 0. The minimum Gasteiger partial charge on any atom is -0.356 e. The Bertz CT molecular complexity index is 742. The van der Waals surface area contributed by atoms with Crippen molar-refractivity contribution in [2.45, 2.75) is 49.5 Å². The van der Waals surface area contributed by atoms with Crippen molar-refractivity contribution < 1.29 is 18.0 Å². The number of carbonyl (C=O) groups is 2. The number of nitrogens with one attached hydrogen (secondary N) is 1. The first-order valence-corrected chi connectivity index (χ1v) is 10.9. The SMILES string of the molecule is O=C(CCS(=O)(=O)c1ccccc1)NC[C@H]1CC(=O)N(C2CCCC2)C1. The molecule has 142 valence electrons. The molecule has 1 heterocycles. The predicted octanol–water partition coefficient (Wildman–Crippen LogP) is 1.76. The molecular formula is C19H26N2O4S. The van der Waals surface area contributed by atoms with Crippen LogP contribution in [0, 0.1) is 5.92 Å². The van der Waals surface area contributed by atoms with E-state index in [1.165, 1.54) is 25.0 Å². The molecule has 0 unspecified atom stereocenters. The van der Waals surface area contributed by atoms with Crippen LogP contribution in [0.15, 0.2) is 35.2 Å². The Labute approximate surface area is 154 Å². The number of hydrogen-bond acceptors (Lipinski definition) is 4. The summed E-state index contributed by atoms with van der Waals surface area (Å²) in [6.45, 7) is 1.13. The van der Waals surface area contributed by atoms with Crippen molar-refractivity contribution in [2.24, 2.45) is 5.92 Å². The largest absolute Gasteiger partial charge is 0.356 e. The summed E-state index contributed by atoms with van der Waals surface area (Å²) in [7, 11) is -3.44. The van der Waals surface area contributed by atoms with Gasteiger partial charge in [-0.05, 0) is 25.0 Å². The molecule has 2 amide bonds. The highest BCUT2D eigenvalue weighted by molar-refractivity contribution is 7.91. The number of benzene rings is 1. The van der Waals surface area contributed by atoms with Crippen molar-refractivity contribution in [3.63, 3.8) is 0 Å². The zero-order valence-electron chi connectivity index (χ0n) is 14.9. The molecule has 0 radical (unpaired) electrons. The Balaban J connectivity index is 1.42. The number of nitrogens with zero attached hydrogens (tertiary/aromatic N) is 1. The molecule has 7 heteroatoms. The fourth-order valence-electron chi connectivity index (χ4n) is 3.83. The summed E-state index contributed by atoms with van der Waals surface area (Å²) in [4.78, 5) is 26.4. The van der Waals surface area contributed by atoms with E-state index in [2.05, 4.69) is 5.32 Å². The van der Waals surface area contributed by atoms with E-state index in [1.807, 2.05) is 4.90 Å². The Morgan fingerprint density at radius 1 is 1.15 bits per heavy atom. The van der Waals surface area contributed by atoms with Gasteiger partial charge in [0.1, 0.15) is 0 Å². The molecular weight excluding hydrogens is 352 g/mol. The van der Waals surface area contributed by atoms with Gasteiger partial charge in [0.25, 0.3) is 0 Å². The zero-order chi connectivity index (χ0) is 18.6. The van der Waals surface area contributed by atoms with E-state index in [9.17, 15) is 18.0 Å². The Kier molecular flexibility index (Phi) is 5.96. The highest BCUT2D eigenvalue weighted by atomic mass is 32.2. The standard InChI is InChI=1S/C19H26N2O4S/c22-18(10-11-26(24,25)17-8-2-1-3-9-17)20-13-15-12-19(23)21(14-15)16-6-4-5-7-16/h1-3,8-9,15-16H,4-7,10-14H2,(H,20,22)/t15-/m1/s1. The van der Waals surface area contributed by atoms with Crippen molar-refractivity contribution in [1.29, 1.82) is 0 Å². The van der Waals surface area contributed by atoms with Gasteiger partial charge >= 0.3 is 0 Å². The highest BCUT2D eigenvalue weighted by Gasteiger charge is 2.35. The van der Waals surface area contributed by atoms with E-state index >= 15 is 0 Å². The summed E-state index contributed by atoms with van der Waals surface area (Å²) in [5.74, 6) is -0.183. The second-order valence-corrected chi connectivity index (χ2v) is 9.35. The molecule has 1 saturated heterocycles. The fourth-order valence-corrected chi connectivity index (χ4v) is 5.10. The maximum Gasteiger partial charge on any atom is 0.223 e. The molecule has 0 bridgehead atoms. The summed E-state index contributed by atoms with van der Waals surface area (Å²) < 4.78 is 24.4. The lowest BCUT2D eigenvalue weighted by atomic mass is 10.1. The van der Waals surface area contributed by atoms with Crippen LogP contribution in [0.1, 0.15) is 38.5 Å². The van der Waals surface area contributed by atoms with Gasteiger partial charge in [0, 0.05) is 37.9 Å². The van der Waals surface area contributed by atoms with Crippen LogP contribution >= 0.6 is 0 Å². The molecule has 1 aromatic rings. The van der Waals surface area contributed by atoms with Gasteiger partial charge in [0.2, 0.25) is 11.8 Å². The van der Waals surface area contributed by atoms with Gasteiger partial charge in [-0.3, -0.25) is 9.59 Å². The van der Waals surface area contributed by atoms with E-state index in [4.69, 9.17) is 0 Å². The van der Waals surface area contributed by atoms with E-state index < -0.39 is 9.84 Å². The van der Waals surface area contributed by atoms with Crippen molar-refractivity contribution in [2.75, 3.05) is 18.8 Å². The van der Waals surface area contributed by atoms with Gasteiger partial charge in [0.15, 0.2) is 9.84 Å². The second-order valence-electron chi connectivity index (χ2n) is 7.24. The van der Waals surface area contributed by atoms with Gasteiger partial charge in [-0.25, -0.2) is 8.42 Å². The number of carbonyl (C=O) groups excluding carboxylic acids is 2. The molecule has 1 saturated carbocycles. The van der Waals surface area contributed by atoms with Crippen molar-refractivity contribution in [1.82, 2.24) is 10.2 Å². The molecule has 6 nitrogen and oxygen atoms in total. The number of likely N-dealkylation sites (tertiary alicyclic amines) is 1. The Hall–Kier alpha value is -1.89. The van der Waals surface area contributed by atoms with E-state index in [0.29, 0.717) is 25.6 Å². The third kappa shape index (κ3) is 4.63. The zero-order valence-corrected chi connectivity index (χ0v) is 15.7. The molecule has 0 aromatic heterocycles. The first-order chi connectivity index (χ1) is 12.5. The van der Waals surface area contributed by atoms with E-state index in [1.54, 1.807) is 18.2 Å². The summed E-state index contributed by atoms with van der Waals surface area (Å²) in [6.07, 6.45) is 4.95. The average molecular weight is 378 g/mol. The van der Waals surface area contributed by atoms with Gasteiger partial charge < -0.3 is 10.2 Å². The number of rotatable bonds is 7. The van der Waals surface area contributed by atoms with Gasteiger partial charge in [0.05, 0.1) is 10.6 Å². The predicted molar refractivity (Wildman–Crippen MR) is 98.2 cm³/mol. The van der Waals surface area contributed by atoms with Crippen LogP contribution in [-0.4, -0.2) is 50.0 Å². The minimum atomic E-state index is -3.44. The van der Waals surface area contributed by atoms with Crippen LogP contribution in [-0.2, 0) is 19.4 Å². The molecule has 26 heavy (non-hydrogen) atoms. The minimum absolute atomic E-state index is 0.0652. The molecule has 1 aromatic carbocycles. The van der Waals surface area contributed by atoms with Gasteiger partial charge in [-0.2, -0.15) is 0 Å². The van der Waals surface area contributed by atoms with Crippen molar-refractivity contribution in [3.8, 4) is 0 Å². The first-order valence-electron chi connectivity index (χ1n) is 9.29. The lowest BCUT2D eigenvalue weighted by molar-refractivity contribution is -0.129. The van der Waals surface area contributed by atoms with E-state index in [0.717, 1.165) is 12.8 Å². The third-order valence-corrected chi connectivity index (χ3v) is 7.02. The number of amides is 2. The van der Waals surface area contributed by atoms with Crippen LogP contribution in [0.5, 0.6) is 0 Å². The Morgan fingerprint density at radius 3 is 2.54 bits per heavy atom. The van der Waals surface area contributed by atoms with Crippen molar-refractivity contribution >= 4 is 21.7 Å². The normalized spacial score (nSPS) is 21.3. The molecule has 2 fully saturated rings. The smallest absolute Gasteiger partial charge is 0.223 e. The average Bonchev–Trinajstić information content (AvgIpc) is 3.28. The topological polar surface area (TPSA) is 83.5 Å². The summed E-state index contributed by atoms with van der Waals surface area (Å²) >= 11 is 0. The summed E-state index contributed by atoms with van der Waals surface area (Å²) in [5, 5.41) is 2.80. The Morgan fingerprint density at radius 2 is 1.85 bits per heavy atom. The van der Waals surface area contributed by atoms with Gasteiger partial charge in [-0.15, -0.1) is 0 Å². The fraction of sp³-hybridized carbons (Fsp3) is 0.579. The number of hydrogen-bond donors (Lipinski definition) is 1. The lowest BCUT2D eigenvalue weighted by Crippen LogP contribution is -2.36. The lowest BCUT2D eigenvalue weighted by Gasteiger charge is -2.24. The van der Waals surface area contributed by atoms with Crippen LogP contribution in [0.2, 0.25) is 0 Å². The molecule has 1 aliphatic heterocycles. The molecule has 1 aliphatic carbocycles. The maximum absolute atomic E-state index is 12.2. The monoisotopic (exact) mass is 378 g/mol. The van der Waals surface area contributed by atoms with E-state index in [-0.39, 0.29) is 34.8 Å². The molecule has 0 spiro atoms. The first kappa shape index (κ1) is 18.9. The quantitative estimate of drug-likeness (QED) is 0.784. The second kappa shape index (κ2) is 8.20. The van der Waals surface area contributed by atoms with Crippen molar-refractivity contribution in [3.05, 3.63) is 30.3 Å². The molecule has 1 atom stereocenters. The molecule has 1 N–H and O–H groups in total. The molecule has 2 aliphatic rings. The highest BCUT2D eigenvalue weighted by Crippen LogP contribution is 2.29. The van der Waals surface area contributed by atoms with Crippen LogP contribution in [0.3, 0.4) is 0 Å². The van der Waals surface area contributed by atoms with Crippen LogP contribution in [0.4, 0.5) is 0 Å². The van der Waals surface area contributed by atoms with Crippen LogP contribution in [0.25, 0.3) is 0 Å². The molecule has 3 rings (SSSR count). The van der Waals surface area contributed by atoms with Crippen LogP contribution < -0.4 is 5.32 Å². The summed E-state index contributed by atoms with van der Waals surface area (Å²) in [6, 6.07) is 8.53. The third-order valence-electron chi connectivity index (χ3n) is 5.29. The number of sulfone groups is 1. The maximum atomic E-state index is 12.2.